The lowest BCUT2D eigenvalue weighted by Gasteiger charge is -2.23. The molecule has 1 aromatic carbocycles. The van der Waals surface area contributed by atoms with Crippen LogP contribution in [-0.4, -0.2) is 36.8 Å². The van der Waals surface area contributed by atoms with Gasteiger partial charge in [-0.1, -0.05) is 12.1 Å². The molecular weight excluding hydrogens is 368 g/mol. The molecule has 0 unspecified atom stereocenters. The van der Waals surface area contributed by atoms with Gasteiger partial charge in [-0.3, -0.25) is 4.79 Å². The van der Waals surface area contributed by atoms with E-state index >= 15 is 0 Å². The predicted octanol–water partition coefficient (Wildman–Crippen LogP) is 1.97. The third-order valence-electron chi connectivity index (χ3n) is 4.31. The van der Waals surface area contributed by atoms with Gasteiger partial charge in [-0.15, -0.1) is 11.3 Å². The van der Waals surface area contributed by atoms with Gasteiger partial charge in [-0.05, 0) is 35.6 Å². The normalized spacial score (nSPS) is 16.1. The first-order valence-corrected chi connectivity index (χ1v) is 9.26. The summed E-state index contributed by atoms with van der Waals surface area (Å²) >= 11 is 1.55. The van der Waals surface area contributed by atoms with Gasteiger partial charge in [0.25, 0.3) is 0 Å². The summed E-state index contributed by atoms with van der Waals surface area (Å²) in [6.45, 7) is 0. The van der Waals surface area contributed by atoms with E-state index in [-0.39, 0.29) is 24.8 Å². The van der Waals surface area contributed by atoms with E-state index in [1.54, 1.807) is 31.6 Å². The molecule has 2 aromatic rings. The molecule has 0 bridgehead atoms. The lowest BCUT2D eigenvalue weighted by atomic mass is 10.0. The minimum absolute atomic E-state index is 0.159. The Balaban J connectivity index is 1.92. The van der Waals surface area contributed by atoms with Crippen molar-refractivity contribution in [1.82, 2.24) is 5.01 Å². The fraction of sp³-hybridized carbons (Fsp3) is 0.316. The third-order valence-corrected chi connectivity index (χ3v) is 5.23. The lowest BCUT2D eigenvalue weighted by molar-refractivity contribution is -0.305. The largest absolute Gasteiger partial charge is 0.550 e. The summed E-state index contributed by atoms with van der Waals surface area (Å²) in [5.41, 5.74) is 1.64. The summed E-state index contributed by atoms with van der Waals surface area (Å²) in [5.74, 6) is -0.464. The number of aliphatic carboxylic acids is 1. The molecule has 0 radical (unpaired) electrons. The maximum absolute atomic E-state index is 12.6. The molecule has 0 saturated heterocycles. The molecule has 1 aliphatic rings. The second kappa shape index (κ2) is 8.22. The smallest absolute Gasteiger partial charge is 0.243 e. The van der Waals surface area contributed by atoms with Crippen LogP contribution in [0, 0.1) is 0 Å². The van der Waals surface area contributed by atoms with E-state index in [2.05, 4.69) is 5.10 Å². The minimum Gasteiger partial charge on any atom is -0.550 e. The summed E-state index contributed by atoms with van der Waals surface area (Å²) in [4.78, 5) is 24.3. The van der Waals surface area contributed by atoms with Crippen molar-refractivity contribution >= 4 is 28.9 Å². The Bertz CT molecular complexity index is 863. The number of carboxylic acids is 1. The first-order valence-electron chi connectivity index (χ1n) is 8.38. The molecule has 1 amide bonds. The maximum atomic E-state index is 12.6. The average Bonchev–Trinajstić information content (AvgIpc) is 3.35. The number of carboxylic acid groups (broad SMARTS) is 1. The molecule has 0 aliphatic carbocycles. The van der Waals surface area contributed by atoms with Gasteiger partial charge in [-0.25, -0.2) is 5.01 Å². The number of hydrogen-bond acceptors (Lipinski definition) is 7. The van der Waals surface area contributed by atoms with E-state index in [0.717, 1.165) is 16.2 Å². The van der Waals surface area contributed by atoms with Crippen LogP contribution in [0.25, 0.3) is 0 Å². The zero-order valence-corrected chi connectivity index (χ0v) is 15.8. The van der Waals surface area contributed by atoms with Gasteiger partial charge < -0.3 is 19.4 Å². The summed E-state index contributed by atoms with van der Waals surface area (Å²) in [7, 11) is 3.10. The number of hydrogen-bond donors (Lipinski definition) is 0. The fourth-order valence-corrected chi connectivity index (χ4v) is 3.70. The summed E-state index contributed by atoms with van der Waals surface area (Å²) in [6.07, 6.45) is 0.0399. The van der Waals surface area contributed by atoms with Crippen molar-refractivity contribution in [2.75, 3.05) is 14.2 Å². The quantitative estimate of drug-likeness (QED) is 0.724. The average molecular weight is 387 g/mol. The maximum Gasteiger partial charge on any atom is 0.243 e. The topological polar surface area (TPSA) is 91.3 Å². The highest BCUT2D eigenvalue weighted by Crippen LogP contribution is 2.38. The number of thiophene rings is 1. The Labute approximate surface area is 160 Å². The van der Waals surface area contributed by atoms with Crippen molar-refractivity contribution in [2.24, 2.45) is 5.10 Å². The van der Waals surface area contributed by atoms with Crippen LogP contribution in [0.5, 0.6) is 11.5 Å². The van der Waals surface area contributed by atoms with Gasteiger partial charge in [0.2, 0.25) is 5.91 Å². The van der Waals surface area contributed by atoms with E-state index in [1.807, 2.05) is 29.6 Å². The highest BCUT2D eigenvalue weighted by atomic mass is 32.1. The van der Waals surface area contributed by atoms with Gasteiger partial charge in [0, 0.05) is 18.8 Å². The summed E-state index contributed by atoms with van der Waals surface area (Å²) in [5, 5.41) is 18.5. The van der Waals surface area contributed by atoms with Gasteiger partial charge in [0.05, 0.1) is 30.9 Å². The van der Waals surface area contributed by atoms with Crippen LogP contribution >= 0.6 is 11.3 Å². The van der Waals surface area contributed by atoms with Crippen molar-refractivity contribution < 1.29 is 24.2 Å². The second-order valence-corrected chi connectivity index (χ2v) is 6.92. The van der Waals surface area contributed by atoms with Crippen LogP contribution in [0.4, 0.5) is 0 Å². The number of methoxy groups -OCH3 is 2. The van der Waals surface area contributed by atoms with Gasteiger partial charge in [0.15, 0.2) is 11.5 Å². The molecule has 1 aromatic heterocycles. The van der Waals surface area contributed by atoms with Crippen LogP contribution < -0.4 is 14.6 Å². The van der Waals surface area contributed by atoms with Crippen molar-refractivity contribution in [3.05, 3.63) is 46.2 Å². The molecule has 27 heavy (non-hydrogen) atoms. The Kier molecular flexibility index (Phi) is 5.75. The third kappa shape index (κ3) is 4.11. The molecule has 0 N–H and O–H groups in total. The van der Waals surface area contributed by atoms with Crippen molar-refractivity contribution in [1.29, 1.82) is 0 Å². The van der Waals surface area contributed by atoms with Crippen molar-refractivity contribution in [2.45, 2.75) is 25.3 Å². The predicted molar refractivity (Wildman–Crippen MR) is 98.8 cm³/mol. The first kappa shape index (κ1) is 18.9. The van der Waals surface area contributed by atoms with Crippen molar-refractivity contribution in [3.63, 3.8) is 0 Å². The number of carbonyl (C=O) groups excluding carboxylic acids is 2. The van der Waals surface area contributed by atoms with E-state index in [0.29, 0.717) is 17.9 Å². The van der Waals surface area contributed by atoms with E-state index < -0.39 is 5.97 Å². The Morgan fingerprint density at radius 3 is 2.63 bits per heavy atom. The van der Waals surface area contributed by atoms with Gasteiger partial charge in [0.1, 0.15) is 0 Å². The van der Waals surface area contributed by atoms with Crippen LogP contribution in [0.3, 0.4) is 0 Å². The van der Waals surface area contributed by atoms with Gasteiger partial charge >= 0.3 is 0 Å². The fourth-order valence-electron chi connectivity index (χ4n) is 2.98. The number of amides is 1. The molecule has 1 atom stereocenters. The molecule has 0 saturated carbocycles. The van der Waals surface area contributed by atoms with E-state index in [9.17, 15) is 14.7 Å². The minimum atomic E-state index is -1.26. The summed E-state index contributed by atoms with van der Waals surface area (Å²) in [6, 6.07) is 8.99. The van der Waals surface area contributed by atoms with E-state index in [1.165, 1.54) is 5.01 Å². The van der Waals surface area contributed by atoms with Crippen molar-refractivity contribution in [3.8, 4) is 11.5 Å². The van der Waals surface area contributed by atoms with Crippen LogP contribution in [0.15, 0.2) is 40.8 Å². The van der Waals surface area contributed by atoms with Crippen LogP contribution in [0.1, 0.15) is 35.7 Å². The monoisotopic (exact) mass is 387 g/mol. The number of rotatable bonds is 7. The zero-order chi connectivity index (χ0) is 19.4. The number of carbonyl (C=O) groups is 2. The van der Waals surface area contributed by atoms with Crippen LogP contribution in [0.2, 0.25) is 0 Å². The highest BCUT2D eigenvalue weighted by molar-refractivity contribution is 7.12. The summed E-state index contributed by atoms with van der Waals surface area (Å²) < 4.78 is 10.6. The molecule has 2 heterocycles. The lowest BCUT2D eigenvalue weighted by Crippen LogP contribution is -2.29. The molecule has 3 rings (SSSR count). The number of nitrogens with zero attached hydrogens (tertiary/aromatic N) is 2. The number of hydrazone groups is 1. The van der Waals surface area contributed by atoms with Crippen LogP contribution in [-0.2, 0) is 9.59 Å². The Morgan fingerprint density at radius 2 is 2.00 bits per heavy atom. The molecule has 8 heteroatoms. The Hall–Kier alpha value is -2.87. The molecule has 0 spiro atoms. The zero-order valence-electron chi connectivity index (χ0n) is 15.0. The van der Waals surface area contributed by atoms with E-state index in [4.69, 9.17) is 9.47 Å². The molecule has 7 nitrogen and oxygen atoms in total. The standard InChI is InChI=1S/C19H20N2O5S/c1-25-15-6-5-12(10-16(15)26-2)14-11-13(17-4-3-9-27-17)20-21(14)18(22)7-8-19(23)24/h3-6,9-10,14H,7-8,11H2,1-2H3,(H,23,24)/p-1/t14-/m0/s1. The highest BCUT2D eigenvalue weighted by Gasteiger charge is 2.33. The SMILES string of the molecule is COc1ccc([C@@H]2CC(c3cccs3)=NN2C(=O)CCC(=O)[O-])cc1OC. The van der Waals surface area contributed by atoms with Gasteiger partial charge in [-0.2, -0.15) is 5.10 Å². The second-order valence-electron chi connectivity index (χ2n) is 5.97. The molecule has 1 aliphatic heterocycles. The Morgan fingerprint density at radius 1 is 1.22 bits per heavy atom. The first-order chi connectivity index (χ1) is 13.0. The molecule has 142 valence electrons. The number of ether oxygens (including phenoxy) is 2. The molecular formula is C19H19N2O5S-. The molecule has 0 fully saturated rings. The number of benzene rings is 1.